The number of hydroxylamine groups is 1. The minimum absolute atomic E-state index is 0.307. The molecule has 1 amide bonds. The topological polar surface area (TPSA) is 47.6 Å². The molecule has 1 N–H and O–H groups in total. The first kappa shape index (κ1) is 11.5. The Morgan fingerprint density at radius 1 is 1.33 bits per heavy atom. The van der Waals surface area contributed by atoms with E-state index in [1.165, 1.54) is 7.11 Å². The Balaban J connectivity index is 2.54. The monoisotopic (exact) mass is 209 g/mol. The summed E-state index contributed by atoms with van der Waals surface area (Å²) in [4.78, 5) is 15.8. The van der Waals surface area contributed by atoms with Crippen molar-refractivity contribution < 1.29 is 14.4 Å². The number of rotatable bonds is 4. The van der Waals surface area contributed by atoms with Crippen molar-refractivity contribution in [2.75, 3.05) is 7.11 Å². The van der Waals surface area contributed by atoms with Gasteiger partial charge in [0.15, 0.2) is 6.10 Å². The van der Waals surface area contributed by atoms with E-state index >= 15 is 0 Å². The summed E-state index contributed by atoms with van der Waals surface area (Å²) in [5.74, 6) is 0.359. The molecule has 0 unspecified atom stereocenters. The maximum Gasteiger partial charge on any atom is 0.284 e. The third kappa shape index (κ3) is 3.59. The van der Waals surface area contributed by atoms with E-state index in [4.69, 9.17) is 4.74 Å². The van der Waals surface area contributed by atoms with E-state index in [2.05, 4.69) is 10.3 Å². The van der Waals surface area contributed by atoms with Crippen LogP contribution in [-0.2, 0) is 9.63 Å². The third-order valence-electron chi connectivity index (χ3n) is 1.91. The molecule has 1 rings (SSSR count). The van der Waals surface area contributed by atoms with Crippen molar-refractivity contribution in [1.29, 1.82) is 0 Å². The van der Waals surface area contributed by atoms with Gasteiger partial charge in [-0.1, -0.05) is 17.7 Å². The fraction of sp³-hybridized carbons (Fsp3) is 0.364. The second-order valence-electron chi connectivity index (χ2n) is 3.24. The molecule has 0 heterocycles. The van der Waals surface area contributed by atoms with Crippen molar-refractivity contribution in [3.63, 3.8) is 0 Å². The molecule has 4 heteroatoms. The highest BCUT2D eigenvalue weighted by Crippen LogP contribution is 2.13. The molecular formula is C11H15NO3. The molecule has 1 atom stereocenters. The second kappa shape index (κ2) is 5.36. The summed E-state index contributed by atoms with van der Waals surface area (Å²) in [5, 5.41) is 0. The fourth-order valence-corrected chi connectivity index (χ4v) is 1.06. The van der Waals surface area contributed by atoms with Gasteiger partial charge in [-0.05, 0) is 26.0 Å². The summed E-state index contributed by atoms with van der Waals surface area (Å²) in [6, 6.07) is 7.50. The first-order chi connectivity index (χ1) is 7.13. The zero-order chi connectivity index (χ0) is 11.3. The fourth-order valence-electron chi connectivity index (χ4n) is 1.06. The maximum absolute atomic E-state index is 11.3. The van der Waals surface area contributed by atoms with Gasteiger partial charge in [0.05, 0.1) is 7.11 Å². The van der Waals surface area contributed by atoms with Gasteiger partial charge in [-0.25, -0.2) is 5.48 Å². The Kier molecular flexibility index (Phi) is 4.12. The lowest BCUT2D eigenvalue weighted by Crippen LogP contribution is -2.35. The average molecular weight is 209 g/mol. The molecule has 0 aliphatic carbocycles. The number of benzene rings is 1. The van der Waals surface area contributed by atoms with E-state index in [9.17, 15) is 4.79 Å². The van der Waals surface area contributed by atoms with E-state index in [1.54, 1.807) is 6.92 Å². The van der Waals surface area contributed by atoms with E-state index < -0.39 is 6.10 Å². The SMILES string of the molecule is CONC(=O)[C@@H](C)Oc1ccc(C)cc1. The van der Waals surface area contributed by atoms with Gasteiger partial charge in [-0.3, -0.25) is 9.63 Å². The Morgan fingerprint density at radius 3 is 2.47 bits per heavy atom. The first-order valence-electron chi connectivity index (χ1n) is 4.69. The van der Waals surface area contributed by atoms with E-state index in [-0.39, 0.29) is 5.91 Å². The summed E-state index contributed by atoms with van der Waals surface area (Å²) in [5.41, 5.74) is 3.36. The molecule has 0 fully saturated rings. The molecule has 0 aliphatic rings. The van der Waals surface area contributed by atoms with Crippen molar-refractivity contribution in [2.24, 2.45) is 0 Å². The molecule has 0 saturated heterocycles. The molecule has 1 aromatic carbocycles. The first-order valence-corrected chi connectivity index (χ1v) is 4.69. The van der Waals surface area contributed by atoms with Crippen molar-refractivity contribution in [1.82, 2.24) is 5.48 Å². The normalized spacial score (nSPS) is 11.9. The smallest absolute Gasteiger partial charge is 0.284 e. The zero-order valence-electron chi connectivity index (χ0n) is 9.11. The van der Waals surface area contributed by atoms with Crippen LogP contribution in [0.5, 0.6) is 5.75 Å². The Bertz CT molecular complexity index is 321. The summed E-state index contributed by atoms with van der Waals surface area (Å²) in [6.07, 6.45) is -0.576. The predicted molar refractivity (Wildman–Crippen MR) is 56.4 cm³/mol. The Labute approximate surface area is 89.1 Å². The highest BCUT2D eigenvalue weighted by molar-refractivity contribution is 5.79. The third-order valence-corrected chi connectivity index (χ3v) is 1.91. The summed E-state index contributed by atoms with van der Waals surface area (Å²) >= 11 is 0. The van der Waals surface area contributed by atoms with Crippen molar-refractivity contribution >= 4 is 5.91 Å². The highest BCUT2D eigenvalue weighted by Gasteiger charge is 2.13. The van der Waals surface area contributed by atoms with Crippen LogP contribution in [0, 0.1) is 6.92 Å². The Morgan fingerprint density at radius 2 is 1.93 bits per heavy atom. The number of amides is 1. The molecule has 15 heavy (non-hydrogen) atoms. The molecule has 1 aromatic rings. The second-order valence-corrected chi connectivity index (χ2v) is 3.24. The van der Waals surface area contributed by atoms with Crippen LogP contribution in [0.4, 0.5) is 0 Å². The lowest BCUT2D eigenvalue weighted by molar-refractivity contribution is -0.137. The molecule has 0 aromatic heterocycles. The van der Waals surface area contributed by atoms with Gasteiger partial charge in [0.25, 0.3) is 5.91 Å². The quantitative estimate of drug-likeness (QED) is 0.763. The van der Waals surface area contributed by atoms with E-state index in [0.29, 0.717) is 5.75 Å². The number of hydrogen-bond acceptors (Lipinski definition) is 3. The van der Waals surface area contributed by atoms with Gasteiger partial charge in [0, 0.05) is 0 Å². The lowest BCUT2D eigenvalue weighted by atomic mass is 10.2. The molecular weight excluding hydrogens is 194 g/mol. The lowest BCUT2D eigenvalue weighted by Gasteiger charge is -2.13. The molecule has 0 radical (unpaired) electrons. The minimum atomic E-state index is -0.576. The van der Waals surface area contributed by atoms with Crippen molar-refractivity contribution in [3.8, 4) is 5.75 Å². The number of carbonyl (C=O) groups is 1. The van der Waals surface area contributed by atoms with Crippen LogP contribution in [0.1, 0.15) is 12.5 Å². The van der Waals surface area contributed by atoms with Gasteiger partial charge >= 0.3 is 0 Å². The number of nitrogens with one attached hydrogen (secondary N) is 1. The Hall–Kier alpha value is -1.55. The minimum Gasteiger partial charge on any atom is -0.481 e. The van der Waals surface area contributed by atoms with Crippen LogP contribution < -0.4 is 10.2 Å². The standard InChI is InChI=1S/C11H15NO3/c1-8-4-6-10(7-5-8)15-9(2)11(13)12-14-3/h4-7,9H,1-3H3,(H,12,13)/t9-/m1/s1. The van der Waals surface area contributed by atoms with Gasteiger partial charge in [0.1, 0.15) is 5.75 Å². The maximum atomic E-state index is 11.3. The molecule has 82 valence electrons. The largest absolute Gasteiger partial charge is 0.481 e. The summed E-state index contributed by atoms with van der Waals surface area (Å²) in [7, 11) is 1.39. The molecule has 0 aliphatic heterocycles. The van der Waals surface area contributed by atoms with E-state index in [1.807, 2.05) is 31.2 Å². The molecule has 0 saturated carbocycles. The van der Waals surface area contributed by atoms with Crippen LogP contribution >= 0.6 is 0 Å². The highest BCUT2D eigenvalue weighted by atomic mass is 16.6. The van der Waals surface area contributed by atoms with Gasteiger partial charge in [-0.2, -0.15) is 0 Å². The number of ether oxygens (including phenoxy) is 1. The molecule has 0 spiro atoms. The van der Waals surface area contributed by atoms with Crippen molar-refractivity contribution in [2.45, 2.75) is 20.0 Å². The summed E-state index contributed by atoms with van der Waals surface area (Å²) < 4.78 is 5.39. The summed E-state index contributed by atoms with van der Waals surface area (Å²) in [6.45, 7) is 3.65. The van der Waals surface area contributed by atoms with E-state index in [0.717, 1.165) is 5.56 Å². The van der Waals surface area contributed by atoms with Crippen LogP contribution in [0.2, 0.25) is 0 Å². The van der Waals surface area contributed by atoms with Gasteiger partial charge in [0.2, 0.25) is 0 Å². The van der Waals surface area contributed by atoms with Crippen LogP contribution in [0.3, 0.4) is 0 Å². The number of aryl methyl sites for hydroxylation is 1. The molecule has 4 nitrogen and oxygen atoms in total. The average Bonchev–Trinajstić information content (AvgIpc) is 2.22. The van der Waals surface area contributed by atoms with Crippen LogP contribution in [0.25, 0.3) is 0 Å². The van der Waals surface area contributed by atoms with Gasteiger partial charge < -0.3 is 4.74 Å². The number of carbonyl (C=O) groups excluding carboxylic acids is 1. The zero-order valence-corrected chi connectivity index (χ0v) is 9.11. The number of hydrogen-bond donors (Lipinski definition) is 1. The van der Waals surface area contributed by atoms with Crippen molar-refractivity contribution in [3.05, 3.63) is 29.8 Å². The van der Waals surface area contributed by atoms with Gasteiger partial charge in [-0.15, -0.1) is 0 Å². The molecule has 0 bridgehead atoms. The van der Waals surface area contributed by atoms with Crippen LogP contribution in [-0.4, -0.2) is 19.1 Å². The predicted octanol–water partition coefficient (Wildman–Crippen LogP) is 1.44. The van der Waals surface area contributed by atoms with Crippen LogP contribution in [0.15, 0.2) is 24.3 Å².